The van der Waals surface area contributed by atoms with Crippen LogP contribution in [0.3, 0.4) is 0 Å². The Morgan fingerprint density at radius 3 is 3.05 bits per heavy atom. The van der Waals surface area contributed by atoms with Crippen molar-refractivity contribution in [2.24, 2.45) is 5.92 Å². The van der Waals surface area contributed by atoms with Gasteiger partial charge in [0.05, 0.1) is 5.69 Å². The van der Waals surface area contributed by atoms with Gasteiger partial charge in [0.25, 0.3) is 5.91 Å². The van der Waals surface area contributed by atoms with Crippen LogP contribution in [0.5, 0.6) is 5.75 Å². The van der Waals surface area contributed by atoms with Crippen molar-refractivity contribution in [2.45, 2.75) is 12.5 Å². The molecule has 3 N–H and O–H groups in total. The molecule has 4 rings (SSSR count). The number of carbonyl (C=O) groups is 1. The zero-order valence-corrected chi connectivity index (χ0v) is 12.1. The smallest absolute Gasteiger partial charge is 0.272 e. The van der Waals surface area contributed by atoms with Crippen LogP contribution in [-0.4, -0.2) is 51.8 Å². The Bertz CT molecular complexity index is 712. The number of para-hydroxylation sites is 1. The third-order valence-electron chi connectivity index (χ3n) is 4.69. The van der Waals surface area contributed by atoms with Crippen LogP contribution in [0.15, 0.2) is 30.3 Å². The number of rotatable bonds is 2. The first-order chi connectivity index (χ1) is 10.7. The monoisotopic (exact) mass is 298 g/mol. The van der Waals surface area contributed by atoms with E-state index >= 15 is 0 Å². The summed E-state index contributed by atoms with van der Waals surface area (Å²) in [5.74, 6) is 0.726. The van der Waals surface area contributed by atoms with Crippen LogP contribution in [0.25, 0.3) is 11.3 Å². The SMILES string of the molecule is O=C(c1cc(-c2ccccc2O)n[nH]1)N1CC[C@@H]2CNC[C@@H]21. The van der Waals surface area contributed by atoms with E-state index in [2.05, 4.69) is 15.5 Å². The number of nitrogens with one attached hydrogen (secondary N) is 2. The van der Waals surface area contributed by atoms with E-state index in [1.807, 2.05) is 11.0 Å². The summed E-state index contributed by atoms with van der Waals surface area (Å²) in [6, 6.07) is 9.00. The largest absolute Gasteiger partial charge is 0.507 e. The van der Waals surface area contributed by atoms with E-state index < -0.39 is 0 Å². The molecule has 22 heavy (non-hydrogen) atoms. The Morgan fingerprint density at radius 2 is 2.18 bits per heavy atom. The average Bonchev–Trinajstić information content (AvgIpc) is 3.23. The highest BCUT2D eigenvalue weighted by Gasteiger charge is 2.40. The van der Waals surface area contributed by atoms with Gasteiger partial charge in [0.2, 0.25) is 0 Å². The number of hydrogen-bond donors (Lipinski definition) is 3. The van der Waals surface area contributed by atoms with Gasteiger partial charge in [0, 0.05) is 31.2 Å². The second kappa shape index (κ2) is 5.14. The van der Waals surface area contributed by atoms with E-state index in [0.717, 1.165) is 26.1 Å². The van der Waals surface area contributed by atoms with Gasteiger partial charge in [0.1, 0.15) is 11.4 Å². The van der Waals surface area contributed by atoms with Crippen LogP contribution in [-0.2, 0) is 0 Å². The number of likely N-dealkylation sites (tertiary alicyclic amines) is 1. The molecular formula is C16H18N4O2. The molecule has 0 radical (unpaired) electrons. The lowest BCUT2D eigenvalue weighted by Gasteiger charge is -2.22. The van der Waals surface area contributed by atoms with Gasteiger partial charge >= 0.3 is 0 Å². The fourth-order valence-corrected chi connectivity index (χ4v) is 3.52. The van der Waals surface area contributed by atoms with Crippen LogP contribution < -0.4 is 5.32 Å². The molecule has 0 unspecified atom stereocenters. The molecule has 2 atom stereocenters. The number of aromatic hydroxyl groups is 1. The molecule has 2 aromatic rings. The molecule has 0 aliphatic carbocycles. The molecule has 114 valence electrons. The highest BCUT2D eigenvalue weighted by Crippen LogP contribution is 2.30. The van der Waals surface area contributed by atoms with Crippen molar-refractivity contribution in [3.05, 3.63) is 36.0 Å². The van der Waals surface area contributed by atoms with E-state index in [-0.39, 0.29) is 11.7 Å². The van der Waals surface area contributed by atoms with Gasteiger partial charge in [-0.25, -0.2) is 0 Å². The second-order valence-corrected chi connectivity index (χ2v) is 5.96. The number of benzene rings is 1. The summed E-state index contributed by atoms with van der Waals surface area (Å²) < 4.78 is 0. The first-order valence-corrected chi connectivity index (χ1v) is 7.59. The lowest BCUT2D eigenvalue weighted by molar-refractivity contribution is 0.0731. The van der Waals surface area contributed by atoms with Crippen molar-refractivity contribution in [1.82, 2.24) is 20.4 Å². The molecule has 1 amide bonds. The average molecular weight is 298 g/mol. The maximum atomic E-state index is 12.7. The van der Waals surface area contributed by atoms with Crippen LogP contribution in [0.4, 0.5) is 0 Å². The fraction of sp³-hybridized carbons (Fsp3) is 0.375. The Morgan fingerprint density at radius 1 is 1.32 bits per heavy atom. The number of phenols is 1. The minimum absolute atomic E-state index is 0.00892. The van der Waals surface area contributed by atoms with Crippen molar-refractivity contribution in [3.8, 4) is 17.0 Å². The van der Waals surface area contributed by atoms with Gasteiger partial charge in [-0.15, -0.1) is 0 Å². The minimum atomic E-state index is -0.00892. The van der Waals surface area contributed by atoms with Crippen molar-refractivity contribution < 1.29 is 9.90 Å². The quantitative estimate of drug-likeness (QED) is 0.778. The summed E-state index contributed by atoms with van der Waals surface area (Å²) in [6.45, 7) is 2.68. The topological polar surface area (TPSA) is 81.2 Å². The van der Waals surface area contributed by atoms with Crippen molar-refractivity contribution in [1.29, 1.82) is 0 Å². The summed E-state index contributed by atoms with van der Waals surface area (Å²) in [7, 11) is 0. The van der Waals surface area contributed by atoms with Crippen LogP contribution in [0.2, 0.25) is 0 Å². The molecule has 6 nitrogen and oxygen atoms in total. The molecular weight excluding hydrogens is 280 g/mol. The summed E-state index contributed by atoms with van der Waals surface area (Å²) in [6.07, 6.45) is 1.06. The van der Waals surface area contributed by atoms with Crippen LogP contribution in [0.1, 0.15) is 16.9 Å². The molecule has 1 aromatic carbocycles. The van der Waals surface area contributed by atoms with E-state index in [1.165, 1.54) is 0 Å². The standard InChI is InChI=1S/C16H18N4O2/c21-15-4-2-1-3-11(15)12-7-13(19-18-12)16(22)20-6-5-10-8-17-9-14(10)20/h1-4,7,10,14,17,21H,5-6,8-9H2,(H,18,19)/t10-,14+/m1/s1. The maximum Gasteiger partial charge on any atom is 0.272 e. The van der Waals surface area contributed by atoms with Crippen molar-refractivity contribution in [2.75, 3.05) is 19.6 Å². The van der Waals surface area contributed by atoms with Gasteiger partial charge in [-0.2, -0.15) is 5.10 Å². The highest BCUT2D eigenvalue weighted by molar-refractivity contribution is 5.94. The van der Waals surface area contributed by atoms with Gasteiger partial charge < -0.3 is 15.3 Å². The molecule has 0 saturated carbocycles. The number of hydrogen-bond acceptors (Lipinski definition) is 4. The first-order valence-electron chi connectivity index (χ1n) is 7.59. The number of phenolic OH excluding ortho intramolecular Hbond substituents is 1. The summed E-state index contributed by atoms with van der Waals surface area (Å²) >= 11 is 0. The van der Waals surface area contributed by atoms with E-state index in [0.29, 0.717) is 28.9 Å². The normalized spacial score (nSPS) is 23.7. The Kier molecular flexibility index (Phi) is 3.11. The first kappa shape index (κ1) is 13.3. The number of nitrogens with zero attached hydrogens (tertiary/aromatic N) is 2. The number of aromatic amines is 1. The molecule has 1 aromatic heterocycles. The zero-order chi connectivity index (χ0) is 15.1. The molecule has 2 fully saturated rings. The summed E-state index contributed by atoms with van der Waals surface area (Å²) in [4.78, 5) is 14.6. The van der Waals surface area contributed by atoms with E-state index in [1.54, 1.807) is 24.3 Å². The summed E-state index contributed by atoms with van der Waals surface area (Å²) in [5, 5.41) is 20.2. The Balaban J connectivity index is 1.59. The van der Waals surface area contributed by atoms with Crippen molar-refractivity contribution >= 4 is 5.91 Å². The lowest BCUT2D eigenvalue weighted by Crippen LogP contribution is -2.39. The van der Waals surface area contributed by atoms with Gasteiger partial charge in [0.15, 0.2) is 0 Å². The molecule has 6 heteroatoms. The summed E-state index contributed by atoms with van der Waals surface area (Å²) in [5.41, 5.74) is 1.69. The maximum absolute atomic E-state index is 12.7. The Labute approximate surface area is 128 Å². The molecule has 0 spiro atoms. The van der Waals surface area contributed by atoms with Gasteiger partial charge in [-0.3, -0.25) is 9.89 Å². The van der Waals surface area contributed by atoms with Gasteiger partial charge in [-0.1, -0.05) is 12.1 Å². The van der Waals surface area contributed by atoms with Crippen LogP contribution >= 0.6 is 0 Å². The van der Waals surface area contributed by atoms with E-state index in [4.69, 9.17) is 0 Å². The van der Waals surface area contributed by atoms with E-state index in [9.17, 15) is 9.90 Å². The molecule has 2 saturated heterocycles. The fourth-order valence-electron chi connectivity index (χ4n) is 3.52. The third-order valence-corrected chi connectivity index (χ3v) is 4.69. The molecule has 2 aliphatic heterocycles. The molecule has 2 aliphatic rings. The minimum Gasteiger partial charge on any atom is -0.507 e. The highest BCUT2D eigenvalue weighted by atomic mass is 16.3. The molecule has 0 bridgehead atoms. The number of aromatic nitrogens is 2. The second-order valence-electron chi connectivity index (χ2n) is 5.96. The number of carbonyl (C=O) groups excluding carboxylic acids is 1. The lowest BCUT2D eigenvalue weighted by atomic mass is 10.1. The number of H-pyrrole nitrogens is 1. The zero-order valence-electron chi connectivity index (χ0n) is 12.1. The number of amides is 1. The molecule has 3 heterocycles. The predicted molar refractivity (Wildman–Crippen MR) is 81.5 cm³/mol. The van der Waals surface area contributed by atoms with Gasteiger partial charge in [-0.05, 0) is 30.5 Å². The number of fused-ring (bicyclic) bond motifs is 1. The predicted octanol–water partition coefficient (Wildman–Crippen LogP) is 1.22. The third kappa shape index (κ3) is 2.07. The Hall–Kier alpha value is -2.34. The van der Waals surface area contributed by atoms with Crippen LogP contribution in [0, 0.1) is 5.92 Å². The van der Waals surface area contributed by atoms with Crippen molar-refractivity contribution in [3.63, 3.8) is 0 Å².